The number of halogens is 1. The second-order valence-corrected chi connectivity index (χ2v) is 7.95. The molecule has 31 heavy (non-hydrogen) atoms. The van der Waals surface area contributed by atoms with Crippen LogP contribution in [0.15, 0.2) is 66.9 Å². The summed E-state index contributed by atoms with van der Waals surface area (Å²) in [5.41, 5.74) is 1.88. The number of amides is 1. The molecule has 1 aliphatic heterocycles. The first-order valence-electron chi connectivity index (χ1n) is 10.1. The van der Waals surface area contributed by atoms with Crippen molar-refractivity contribution in [2.24, 2.45) is 0 Å². The van der Waals surface area contributed by atoms with Crippen molar-refractivity contribution in [1.82, 2.24) is 9.88 Å². The van der Waals surface area contributed by atoms with Crippen LogP contribution in [0.25, 0.3) is 0 Å². The van der Waals surface area contributed by atoms with Crippen LogP contribution in [0.1, 0.15) is 40.6 Å². The molecular weight excluding hydrogens is 416 g/mol. The molecule has 7 heteroatoms. The molecular formula is C24H23ClN2O4. The van der Waals surface area contributed by atoms with Gasteiger partial charge in [0.25, 0.3) is 5.91 Å². The SMILES string of the molecule is O=C(c1cc(O)ccc1O)N1CCC(OC(c2ccc(Cl)cc2)c2ccccn2)CC1. The van der Waals surface area contributed by atoms with Gasteiger partial charge >= 0.3 is 0 Å². The van der Waals surface area contributed by atoms with E-state index in [2.05, 4.69) is 4.98 Å². The fraction of sp³-hybridized carbons (Fsp3) is 0.250. The Morgan fingerprint density at radius 1 is 1.06 bits per heavy atom. The van der Waals surface area contributed by atoms with E-state index in [1.807, 2.05) is 42.5 Å². The van der Waals surface area contributed by atoms with E-state index in [0.717, 1.165) is 11.3 Å². The minimum atomic E-state index is -0.333. The summed E-state index contributed by atoms with van der Waals surface area (Å²) in [6.45, 7) is 0.988. The number of carbonyl (C=O) groups is 1. The minimum absolute atomic E-state index is 0.0514. The Morgan fingerprint density at radius 3 is 2.48 bits per heavy atom. The first-order valence-corrected chi connectivity index (χ1v) is 10.5. The highest BCUT2D eigenvalue weighted by molar-refractivity contribution is 6.30. The van der Waals surface area contributed by atoms with Gasteiger partial charge in [0.15, 0.2) is 0 Å². The molecule has 2 N–H and O–H groups in total. The van der Waals surface area contributed by atoms with Gasteiger partial charge in [-0.25, -0.2) is 0 Å². The van der Waals surface area contributed by atoms with E-state index in [-0.39, 0.29) is 35.2 Å². The van der Waals surface area contributed by atoms with Gasteiger partial charge in [-0.2, -0.15) is 0 Å². The lowest BCUT2D eigenvalue weighted by Crippen LogP contribution is -2.41. The number of carbonyl (C=O) groups excluding carboxylic acids is 1. The Bertz CT molecular complexity index is 1040. The lowest BCUT2D eigenvalue weighted by atomic mass is 10.0. The summed E-state index contributed by atoms with van der Waals surface area (Å²) >= 11 is 6.04. The van der Waals surface area contributed by atoms with Crippen LogP contribution in [0.4, 0.5) is 0 Å². The highest BCUT2D eigenvalue weighted by Gasteiger charge is 2.28. The Labute approximate surface area is 185 Å². The smallest absolute Gasteiger partial charge is 0.257 e. The number of benzene rings is 2. The topological polar surface area (TPSA) is 82.9 Å². The van der Waals surface area contributed by atoms with E-state index in [1.54, 1.807) is 11.1 Å². The number of ether oxygens (including phenoxy) is 1. The van der Waals surface area contributed by atoms with Crippen LogP contribution in [-0.4, -0.2) is 45.2 Å². The number of phenols is 2. The lowest BCUT2D eigenvalue weighted by molar-refractivity contribution is -0.0254. The average Bonchev–Trinajstić information content (AvgIpc) is 2.80. The van der Waals surface area contributed by atoms with Gasteiger partial charge in [0.1, 0.15) is 17.6 Å². The normalized spacial score (nSPS) is 15.6. The van der Waals surface area contributed by atoms with Gasteiger partial charge in [0, 0.05) is 24.3 Å². The molecule has 1 aromatic heterocycles. The molecule has 1 aliphatic rings. The van der Waals surface area contributed by atoms with Crippen molar-refractivity contribution in [3.05, 3.63) is 88.7 Å². The molecule has 160 valence electrons. The van der Waals surface area contributed by atoms with Crippen LogP contribution in [0.5, 0.6) is 11.5 Å². The van der Waals surface area contributed by atoms with Gasteiger partial charge in [-0.15, -0.1) is 0 Å². The Morgan fingerprint density at radius 2 is 1.81 bits per heavy atom. The summed E-state index contributed by atoms with van der Waals surface area (Å²) in [7, 11) is 0. The van der Waals surface area contributed by atoms with Crippen molar-refractivity contribution in [3.8, 4) is 11.5 Å². The Kier molecular flexibility index (Phi) is 6.39. The highest BCUT2D eigenvalue weighted by Crippen LogP contribution is 2.31. The molecule has 0 radical (unpaired) electrons. The van der Waals surface area contributed by atoms with Crippen molar-refractivity contribution in [3.63, 3.8) is 0 Å². The first kappa shape index (κ1) is 21.2. The number of hydrogen-bond donors (Lipinski definition) is 2. The molecule has 2 aromatic carbocycles. The Hall–Kier alpha value is -3.09. The molecule has 6 nitrogen and oxygen atoms in total. The van der Waals surface area contributed by atoms with Gasteiger partial charge in [-0.05, 0) is 60.9 Å². The molecule has 1 saturated heterocycles. The minimum Gasteiger partial charge on any atom is -0.508 e. The Balaban J connectivity index is 1.45. The maximum atomic E-state index is 12.8. The molecule has 0 aliphatic carbocycles. The average molecular weight is 439 g/mol. The number of pyridine rings is 1. The van der Waals surface area contributed by atoms with Gasteiger partial charge in [-0.3, -0.25) is 9.78 Å². The maximum absolute atomic E-state index is 12.8. The molecule has 4 rings (SSSR count). The second kappa shape index (κ2) is 9.37. The standard InChI is InChI=1S/C24H23ClN2O4/c25-17-6-4-16(5-7-17)23(21-3-1-2-12-26-21)31-19-10-13-27(14-11-19)24(30)20-15-18(28)8-9-22(20)29/h1-9,12,15,19,23,28-29H,10-11,13-14H2. The molecule has 1 unspecified atom stereocenters. The summed E-state index contributed by atoms with van der Waals surface area (Å²) in [6, 6.07) is 17.2. The van der Waals surface area contributed by atoms with Crippen molar-refractivity contribution < 1.29 is 19.7 Å². The zero-order chi connectivity index (χ0) is 21.8. The van der Waals surface area contributed by atoms with E-state index in [1.165, 1.54) is 18.2 Å². The van der Waals surface area contributed by atoms with Crippen LogP contribution in [0.2, 0.25) is 5.02 Å². The third-order valence-corrected chi connectivity index (χ3v) is 5.65. The molecule has 1 atom stereocenters. The van der Waals surface area contributed by atoms with Crippen molar-refractivity contribution in [2.75, 3.05) is 13.1 Å². The number of hydrogen-bond acceptors (Lipinski definition) is 5. The van der Waals surface area contributed by atoms with Crippen LogP contribution in [-0.2, 0) is 4.74 Å². The molecule has 2 heterocycles. The van der Waals surface area contributed by atoms with Gasteiger partial charge in [0.2, 0.25) is 0 Å². The van der Waals surface area contributed by atoms with E-state index < -0.39 is 0 Å². The lowest BCUT2D eigenvalue weighted by Gasteiger charge is -2.34. The zero-order valence-corrected chi connectivity index (χ0v) is 17.6. The van der Waals surface area contributed by atoms with E-state index in [0.29, 0.717) is 31.0 Å². The predicted octanol–water partition coefficient (Wildman–Crippen LogP) is 4.56. The summed E-state index contributed by atoms with van der Waals surface area (Å²) < 4.78 is 6.45. The summed E-state index contributed by atoms with van der Waals surface area (Å²) in [5.74, 6) is -0.495. The van der Waals surface area contributed by atoms with Crippen LogP contribution < -0.4 is 0 Å². The van der Waals surface area contributed by atoms with Gasteiger partial charge in [0.05, 0.1) is 17.4 Å². The van der Waals surface area contributed by atoms with Crippen LogP contribution >= 0.6 is 11.6 Å². The zero-order valence-electron chi connectivity index (χ0n) is 16.8. The van der Waals surface area contributed by atoms with Crippen molar-refractivity contribution in [2.45, 2.75) is 25.0 Å². The van der Waals surface area contributed by atoms with Crippen LogP contribution in [0, 0.1) is 0 Å². The van der Waals surface area contributed by atoms with Crippen LogP contribution in [0.3, 0.4) is 0 Å². The van der Waals surface area contributed by atoms with E-state index in [4.69, 9.17) is 16.3 Å². The van der Waals surface area contributed by atoms with Gasteiger partial charge in [-0.1, -0.05) is 29.8 Å². The molecule has 0 spiro atoms. The summed E-state index contributed by atoms with van der Waals surface area (Å²) in [4.78, 5) is 18.9. The second-order valence-electron chi connectivity index (χ2n) is 7.52. The quantitative estimate of drug-likeness (QED) is 0.571. The fourth-order valence-electron chi connectivity index (χ4n) is 3.74. The van der Waals surface area contributed by atoms with E-state index in [9.17, 15) is 15.0 Å². The number of rotatable bonds is 5. The third-order valence-electron chi connectivity index (χ3n) is 5.40. The first-order chi connectivity index (χ1) is 15.0. The number of phenolic OH excluding ortho intramolecular Hbond substituents is 2. The largest absolute Gasteiger partial charge is 0.508 e. The fourth-order valence-corrected chi connectivity index (χ4v) is 3.87. The molecule has 3 aromatic rings. The van der Waals surface area contributed by atoms with Crippen molar-refractivity contribution in [1.29, 1.82) is 0 Å². The predicted molar refractivity (Wildman–Crippen MR) is 117 cm³/mol. The highest BCUT2D eigenvalue weighted by atomic mass is 35.5. The monoisotopic (exact) mass is 438 g/mol. The maximum Gasteiger partial charge on any atom is 0.257 e. The summed E-state index contributed by atoms with van der Waals surface area (Å²) in [5, 5.41) is 20.3. The number of aromatic nitrogens is 1. The number of nitrogens with zero attached hydrogens (tertiary/aromatic N) is 2. The van der Waals surface area contributed by atoms with Crippen molar-refractivity contribution >= 4 is 17.5 Å². The molecule has 0 saturated carbocycles. The summed E-state index contributed by atoms with van der Waals surface area (Å²) in [6.07, 6.45) is 2.67. The number of likely N-dealkylation sites (tertiary alicyclic amines) is 1. The molecule has 1 fully saturated rings. The van der Waals surface area contributed by atoms with E-state index >= 15 is 0 Å². The third kappa shape index (κ3) is 4.98. The molecule has 1 amide bonds. The molecule has 0 bridgehead atoms. The van der Waals surface area contributed by atoms with Gasteiger partial charge < -0.3 is 19.8 Å². The number of piperidine rings is 1. The number of aromatic hydroxyl groups is 2.